The van der Waals surface area contributed by atoms with Gasteiger partial charge in [-0.2, -0.15) is 0 Å². The predicted octanol–water partition coefficient (Wildman–Crippen LogP) is 1.93. The van der Waals surface area contributed by atoms with E-state index in [0.29, 0.717) is 0 Å². The summed E-state index contributed by atoms with van der Waals surface area (Å²) in [4.78, 5) is 17.9. The largest absolute Gasteiger partial charge is 0.336 e. The number of amides is 1. The quantitative estimate of drug-likeness (QED) is 0.821. The maximum absolute atomic E-state index is 12.4. The number of thioether (sulfide) groups is 1. The van der Waals surface area contributed by atoms with Crippen LogP contribution in [-0.2, 0) is 4.79 Å². The van der Waals surface area contributed by atoms with Crippen LogP contribution in [0, 0.1) is 5.92 Å². The molecular weight excluding hydrogens is 258 g/mol. The van der Waals surface area contributed by atoms with Gasteiger partial charge in [-0.3, -0.25) is 15.1 Å². The first-order valence-corrected chi connectivity index (χ1v) is 7.56. The molecule has 1 amide bonds. The average molecular weight is 273 g/mol. The second kappa shape index (κ2) is 4.35. The molecule has 1 aromatic heterocycles. The lowest BCUT2D eigenvalue weighted by molar-refractivity contribution is -0.127. The van der Waals surface area contributed by atoms with Crippen molar-refractivity contribution in [2.24, 2.45) is 5.92 Å². The summed E-state index contributed by atoms with van der Waals surface area (Å²) in [6.07, 6.45) is 6.89. The normalized spacial score (nSPS) is 33.1. The number of aromatic nitrogens is 1. The second-order valence-electron chi connectivity index (χ2n) is 5.21. The molecule has 3 atom stereocenters. The molecule has 0 radical (unpaired) electrons. The van der Waals surface area contributed by atoms with Gasteiger partial charge in [-0.1, -0.05) is 0 Å². The van der Waals surface area contributed by atoms with Crippen molar-refractivity contribution >= 4 is 17.7 Å². The molecule has 0 saturated carbocycles. The SMILES string of the molecule is O=C1NC(c2ccncc2)NC2SC3=C(CCC3)C12. The summed E-state index contributed by atoms with van der Waals surface area (Å²) in [5, 5.41) is 6.85. The lowest BCUT2D eigenvalue weighted by Gasteiger charge is -2.34. The highest BCUT2D eigenvalue weighted by Gasteiger charge is 2.45. The van der Waals surface area contributed by atoms with Crippen LogP contribution in [0.5, 0.6) is 0 Å². The fourth-order valence-electron chi connectivity index (χ4n) is 3.21. The number of nitrogens with one attached hydrogen (secondary N) is 2. The lowest BCUT2D eigenvalue weighted by atomic mass is 9.94. The summed E-state index contributed by atoms with van der Waals surface area (Å²) in [5.74, 6) is 0.213. The van der Waals surface area contributed by atoms with Gasteiger partial charge in [0.2, 0.25) is 5.91 Å². The van der Waals surface area contributed by atoms with Crippen LogP contribution in [0.4, 0.5) is 0 Å². The average Bonchev–Trinajstić information content (AvgIpc) is 2.99. The Labute approximate surface area is 116 Å². The predicted molar refractivity (Wildman–Crippen MR) is 74.0 cm³/mol. The number of pyridine rings is 1. The zero-order valence-electron chi connectivity index (χ0n) is 10.4. The number of carbonyl (C=O) groups is 1. The molecule has 4 rings (SSSR count). The summed E-state index contributed by atoms with van der Waals surface area (Å²) in [7, 11) is 0. The number of nitrogens with zero attached hydrogens (tertiary/aromatic N) is 1. The Morgan fingerprint density at radius 1 is 1.26 bits per heavy atom. The number of rotatable bonds is 1. The lowest BCUT2D eigenvalue weighted by Crippen LogP contribution is -2.54. The van der Waals surface area contributed by atoms with Crippen LogP contribution in [0.15, 0.2) is 35.0 Å². The molecule has 1 aromatic rings. The Bertz CT molecular complexity index is 557. The van der Waals surface area contributed by atoms with Crippen molar-refractivity contribution in [2.75, 3.05) is 0 Å². The second-order valence-corrected chi connectivity index (χ2v) is 6.44. The van der Waals surface area contributed by atoms with Gasteiger partial charge >= 0.3 is 0 Å². The first-order valence-electron chi connectivity index (χ1n) is 6.68. The van der Waals surface area contributed by atoms with Crippen LogP contribution in [-0.4, -0.2) is 16.3 Å². The number of allylic oxidation sites excluding steroid dienone is 1. The smallest absolute Gasteiger partial charge is 0.231 e. The standard InChI is InChI=1S/C14H15N3OS/c18-13-11-9-2-1-3-10(9)19-14(11)17-12(16-13)8-4-6-15-7-5-8/h4-7,11-12,14,17H,1-3H2,(H,16,18). The van der Waals surface area contributed by atoms with Crippen LogP contribution < -0.4 is 10.6 Å². The van der Waals surface area contributed by atoms with Crippen LogP contribution >= 0.6 is 11.8 Å². The highest BCUT2D eigenvalue weighted by Crippen LogP contribution is 2.50. The maximum atomic E-state index is 12.4. The molecule has 2 aliphatic heterocycles. The van der Waals surface area contributed by atoms with Gasteiger partial charge < -0.3 is 5.32 Å². The van der Waals surface area contributed by atoms with E-state index >= 15 is 0 Å². The zero-order valence-corrected chi connectivity index (χ0v) is 11.2. The van der Waals surface area contributed by atoms with Crippen LogP contribution in [0.1, 0.15) is 31.0 Å². The highest BCUT2D eigenvalue weighted by molar-refractivity contribution is 8.04. The van der Waals surface area contributed by atoms with Crippen LogP contribution in [0.3, 0.4) is 0 Å². The Morgan fingerprint density at radius 3 is 2.95 bits per heavy atom. The molecule has 19 heavy (non-hydrogen) atoms. The number of fused-ring (bicyclic) bond motifs is 2. The van der Waals surface area contributed by atoms with Crippen molar-refractivity contribution in [1.29, 1.82) is 0 Å². The molecule has 2 N–H and O–H groups in total. The van der Waals surface area contributed by atoms with E-state index in [-0.39, 0.29) is 23.4 Å². The topological polar surface area (TPSA) is 54.0 Å². The van der Waals surface area contributed by atoms with Gasteiger partial charge in [-0.25, -0.2) is 0 Å². The molecule has 0 bridgehead atoms. The van der Waals surface area contributed by atoms with E-state index < -0.39 is 0 Å². The molecular formula is C14H15N3OS. The zero-order chi connectivity index (χ0) is 12.8. The Morgan fingerprint density at radius 2 is 2.11 bits per heavy atom. The van der Waals surface area contributed by atoms with Crippen molar-refractivity contribution in [3.63, 3.8) is 0 Å². The minimum Gasteiger partial charge on any atom is -0.336 e. The molecule has 0 aromatic carbocycles. The van der Waals surface area contributed by atoms with E-state index in [9.17, 15) is 4.79 Å². The van der Waals surface area contributed by atoms with Gasteiger partial charge in [-0.15, -0.1) is 11.8 Å². The molecule has 0 spiro atoms. The third-order valence-electron chi connectivity index (χ3n) is 4.09. The minimum atomic E-state index is -0.0933. The van der Waals surface area contributed by atoms with Crippen molar-refractivity contribution in [3.8, 4) is 0 Å². The van der Waals surface area contributed by atoms with E-state index in [2.05, 4.69) is 15.6 Å². The van der Waals surface area contributed by atoms with Gasteiger partial charge in [0.05, 0.1) is 11.3 Å². The summed E-state index contributed by atoms with van der Waals surface area (Å²) < 4.78 is 0. The summed E-state index contributed by atoms with van der Waals surface area (Å²) in [6, 6.07) is 3.89. The molecule has 3 aliphatic rings. The van der Waals surface area contributed by atoms with Gasteiger partial charge in [0.15, 0.2) is 0 Å². The number of hydrogen-bond acceptors (Lipinski definition) is 4. The molecule has 1 saturated heterocycles. The molecule has 4 nitrogen and oxygen atoms in total. The maximum Gasteiger partial charge on any atom is 0.231 e. The summed E-state index contributed by atoms with van der Waals surface area (Å²) >= 11 is 1.86. The van der Waals surface area contributed by atoms with Crippen LogP contribution in [0.25, 0.3) is 0 Å². The fraction of sp³-hybridized carbons (Fsp3) is 0.429. The molecule has 5 heteroatoms. The molecule has 1 fully saturated rings. The van der Waals surface area contributed by atoms with E-state index in [0.717, 1.165) is 18.4 Å². The van der Waals surface area contributed by atoms with E-state index in [1.54, 1.807) is 12.4 Å². The fourth-order valence-corrected chi connectivity index (χ4v) is 4.78. The third kappa shape index (κ3) is 1.80. The van der Waals surface area contributed by atoms with Crippen molar-refractivity contribution in [2.45, 2.75) is 30.8 Å². The third-order valence-corrected chi connectivity index (χ3v) is 5.51. The van der Waals surface area contributed by atoms with E-state index in [1.165, 1.54) is 16.9 Å². The number of carbonyl (C=O) groups excluding carboxylic acids is 1. The molecule has 98 valence electrons. The van der Waals surface area contributed by atoms with Gasteiger partial charge in [0, 0.05) is 12.4 Å². The Hall–Kier alpha value is -1.33. The summed E-state index contributed by atoms with van der Waals surface area (Å²) in [6.45, 7) is 0. The molecule has 1 aliphatic carbocycles. The first-order chi connectivity index (χ1) is 9.33. The summed E-state index contributed by atoms with van der Waals surface area (Å²) in [5.41, 5.74) is 2.45. The first kappa shape index (κ1) is 11.5. The highest BCUT2D eigenvalue weighted by atomic mass is 32.2. The van der Waals surface area contributed by atoms with Crippen LogP contribution in [0.2, 0.25) is 0 Å². The van der Waals surface area contributed by atoms with Gasteiger partial charge in [0.1, 0.15) is 6.17 Å². The van der Waals surface area contributed by atoms with Crippen molar-refractivity contribution in [3.05, 3.63) is 40.6 Å². The van der Waals surface area contributed by atoms with Crippen molar-refractivity contribution < 1.29 is 4.79 Å². The number of hydrogen-bond donors (Lipinski definition) is 2. The van der Waals surface area contributed by atoms with E-state index in [1.807, 2.05) is 23.9 Å². The minimum absolute atomic E-state index is 0.0422. The Kier molecular flexibility index (Phi) is 2.63. The van der Waals surface area contributed by atoms with E-state index in [4.69, 9.17) is 0 Å². The Balaban J connectivity index is 1.60. The van der Waals surface area contributed by atoms with Gasteiger partial charge in [-0.05, 0) is 47.4 Å². The molecule has 3 unspecified atom stereocenters. The monoisotopic (exact) mass is 273 g/mol. The van der Waals surface area contributed by atoms with Crippen molar-refractivity contribution in [1.82, 2.24) is 15.6 Å². The van der Waals surface area contributed by atoms with Gasteiger partial charge in [0.25, 0.3) is 0 Å². The molecule has 3 heterocycles.